The molecule has 0 radical (unpaired) electrons. The van der Waals surface area contributed by atoms with E-state index in [1.54, 1.807) is 5.56 Å². The van der Waals surface area contributed by atoms with Crippen molar-refractivity contribution in [1.82, 2.24) is 0 Å². The van der Waals surface area contributed by atoms with Gasteiger partial charge in [0.15, 0.2) is 0 Å². The van der Waals surface area contributed by atoms with Crippen LogP contribution in [0.15, 0.2) is 127 Å². The summed E-state index contributed by atoms with van der Waals surface area (Å²) in [5.41, 5.74) is 15.1. The minimum Gasteiger partial charge on any atom is -0.310 e. The molecule has 0 amide bonds. The molecule has 6 aromatic rings. The molecule has 242 valence electrons. The maximum absolute atomic E-state index is 2.55. The van der Waals surface area contributed by atoms with Crippen molar-refractivity contribution < 1.29 is 0 Å². The first-order valence-corrected chi connectivity index (χ1v) is 18.6. The third-order valence-electron chi connectivity index (χ3n) is 13.1. The number of benzene rings is 6. The van der Waals surface area contributed by atoms with Gasteiger partial charge in [0, 0.05) is 22.4 Å². The summed E-state index contributed by atoms with van der Waals surface area (Å²) in [6.07, 6.45) is 8.62. The smallest absolute Gasteiger partial charge is 0.0546 e. The molecule has 0 N–H and O–H groups in total. The largest absolute Gasteiger partial charge is 0.310 e. The molecular formula is C48H45N. The number of aryl methyl sites for hydroxylation is 1. The molecule has 0 spiro atoms. The topological polar surface area (TPSA) is 3.24 Å². The molecule has 11 rings (SSSR count). The first-order valence-electron chi connectivity index (χ1n) is 18.6. The van der Waals surface area contributed by atoms with Crippen molar-refractivity contribution in [3.05, 3.63) is 150 Å². The van der Waals surface area contributed by atoms with E-state index < -0.39 is 0 Å². The summed E-state index contributed by atoms with van der Waals surface area (Å²) in [6.45, 7) is 7.06. The molecule has 1 nitrogen and oxygen atoms in total. The lowest BCUT2D eigenvalue weighted by Crippen LogP contribution is -2.48. The standard InChI is InChI=1S/C48H45N/c1-31-10-9-15-42-45(31)41-22-21-39(27-43(41)47(42,2)3)49(44-23-16-35-11-7-8-14-40(35)46(44)36-12-5-4-6-13-36)38-19-17-37(18-20-38)48-28-32-24-33(29-48)26-34(25-32)30-48/h4-23,27,32-34H,24-26,28-30H2,1-3H3. The highest BCUT2D eigenvalue weighted by Gasteiger charge is 2.51. The van der Waals surface area contributed by atoms with Crippen LogP contribution in [0, 0.1) is 24.7 Å². The van der Waals surface area contributed by atoms with Crippen LogP contribution in [-0.2, 0) is 10.8 Å². The molecule has 0 heterocycles. The average Bonchev–Trinajstić information content (AvgIpc) is 3.35. The van der Waals surface area contributed by atoms with Gasteiger partial charge in [-0.25, -0.2) is 0 Å². The van der Waals surface area contributed by atoms with Crippen LogP contribution in [0.25, 0.3) is 33.0 Å². The Bertz CT molecular complexity index is 2200. The van der Waals surface area contributed by atoms with Gasteiger partial charge >= 0.3 is 0 Å². The molecule has 4 fully saturated rings. The normalized spacial score (nSPS) is 24.2. The van der Waals surface area contributed by atoms with E-state index in [4.69, 9.17) is 0 Å². The highest BCUT2D eigenvalue weighted by Crippen LogP contribution is 2.61. The molecule has 0 aromatic heterocycles. The molecule has 1 heteroatoms. The predicted octanol–water partition coefficient (Wildman–Crippen LogP) is 13.1. The van der Waals surface area contributed by atoms with Gasteiger partial charge in [0.25, 0.3) is 0 Å². The zero-order valence-electron chi connectivity index (χ0n) is 29.0. The molecule has 4 bridgehead atoms. The Morgan fingerprint density at radius 3 is 1.98 bits per heavy atom. The second-order valence-electron chi connectivity index (χ2n) is 16.5. The molecule has 49 heavy (non-hydrogen) atoms. The summed E-state index contributed by atoms with van der Waals surface area (Å²) in [6, 6.07) is 48.5. The van der Waals surface area contributed by atoms with Gasteiger partial charge in [-0.1, -0.05) is 111 Å². The van der Waals surface area contributed by atoms with Gasteiger partial charge < -0.3 is 4.90 Å². The Hall–Kier alpha value is -4.62. The summed E-state index contributed by atoms with van der Waals surface area (Å²) in [5.74, 6) is 2.82. The van der Waals surface area contributed by atoms with Crippen molar-refractivity contribution in [2.24, 2.45) is 17.8 Å². The zero-order chi connectivity index (χ0) is 32.9. The summed E-state index contributed by atoms with van der Waals surface area (Å²) < 4.78 is 0. The van der Waals surface area contributed by atoms with E-state index in [1.165, 1.54) is 105 Å². The second kappa shape index (κ2) is 10.7. The van der Waals surface area contributed by atoms with Crippen molar-refractivity contribution in [2.75, 3.05) is 4.90 Å². The average molecular weight is 636 g/mol. The van der Waals surface area contributed by atoms with Gasteiger partial charge in [-0.15, -0.1) is 0 Å². The molecular weight excluding hydrogens is 591 g/mol. The Morgan fingerprint density at radius 1 is 0.571 bits per heavy atom. The number of hydrogen-bond donors (Lipinski definition) is 0. The van der Waals surface area contributed by atoms with Gasteiger partial charge in [0.05, 0.1) is 5.69 Å². The minimum atomic E-state index is -0.0770. The Balaban J connectivity index is 1.17. The zero-order valence-corrected chi connectivity index (χ0v) is 29.0. The monoisotopic (exact) mass is 635 g/mol. The maximum Gasteiger partial charge on any atom is 0.0546 e. The van der Waals surface area contributed by atoms with E-state index in [9.17, 15) is 0 Å². The van der Waals surface area contributed by atoms with Crippen molar-refractivity contribution in [1.29, 1.82) is 0 Å². The van der Waals surface area contributed by atoms with Crippen molar-refractivity contribution in [3.8, 4) is 22.3 Å². The van der Waals surface area contributed by atoms with E-state index in [-0.39, 0.29) is 5.41 Å². The SMILES string of the molecule is Cc1cccc2c1-c1ccc(N(c3ccc(C45CC6CC(CC(C6)C4)C5)cc3)c3ccc4ccccc4c3-c3ccccc3)cc1C2(C)C. The van der Waals surface area contributed by atoms with Crippen LogP contribution in [0.4, 0.5) is 17.1 Å². The Morgan fingerprint density at radius 2 is 1.24 bits per heavy atom. The molecule has 6 aromatic carbocycles. The lowest BCUT2D eigenvalue weighted by atomic mass is 9.48. The van der Waals surface area contributed by atoms with Gasteiger partial charge in [0.1, 0.15) is 0 Å². The second-order valence-corrected chi connectivity index (χ2v) is 16.5. The van der Waals surface area contributed by atoms with Crippen molar-refractivity contribution in [3.63, 3.8) is 0 Å². The summed E-state index contributed by atoms with van der Waals surface area (Å²) >= 11 is 0. The summed E-state index contributed by atoms with van der Waals surface area (Å²) in [7, 11) is 0. The number of rotatable bonds is 5. The Labute approximate surface area is 291 Å². The van der Waals surface area contributed by atoms with Crippen molar-refractivity contribution in [2.45, 2.75) is 70.1 Å². The van der Waals surface area contributed by atoms with Gasteiger partial charge in [-0.3, -0.25) is 0 Å². The maximum atomic E-state index is 2.55. The third-order valence-corrected chi connectivity index (χ3v) is 13.1. The number of hydrogen-bond acceptors (Lipinski definition) is 1. The number of nitrogens with zero attached hydrogens (tertiary/aromatic N) is 1. The highest BCUT2D eigenvalue weighted by atomic mass is 15.1. The first-order chi connectivity index (χ1) is 23.9. The number of fused-ring (bicyclic) bond motifs is 4. The van der Waals surface area contributed by atoms with Crippen LogP contribution >= 0.6 is 0 Å². The summed E-state index contributed by atoms with van der Waals surface area (Å²) in [4.78, 5) is 2.55. The predicted molar refractivity (Wildman–Crippen MR) is 206 cm³/mol. The lowest BCUT2D eigenvalue weighted by Gasteiger charge is -2.57. The van der Waals surface area contributed by atoms with Crippen LogP contribution in [0.1, 0.15) is 74.6 Å². The number of anilines is 3. The lowest BCUT2D eigenvalue weighted by molar-refractivity contribution is -0.00518. The fraction of sp³-hybridized carbons (Fsp3) is 0.292. The van der Waals surface area contributed by atoms with Crippen LogP contribution in [-0.4, -0.2) is 0 Å². The Kier molecular flexibility index (Phi) is 6.39. The summed E-state index contributed by atoms with van der Waals surface area (Å²) in [5, 5.41) is 2.55. The van der Waals surface area contributed by atoms with Crippen LogP contribution in [0.3, 0.4) is 0 Å². The van der Waals surface area contributed by atoms with E-state index in [0.29, 0.717) is 5.41 Å². The van der Waals surface area contributed by atoms with Crippen LogP contribution in [0.5, 0.6) is 0 Å². The molecule has 4 saturated carbocycles. The molecule has 0 saturated heterocycles. The van der Waals surface area contributed by atoms with Crippen LogP contribution in [0.2, 0.25) is 0 Å². The minimum absolute atomic E-state index is 0.0770. The fourth-order valence-electron chi connectivity index (χ4n) is 11.3. The van der Waals surface area contributed by atoms with E-state index in [1.807, 2.05) is 0 Å². The van der Waals surface area contributed by atoms with Gasteiger partial charge in [0.2, 0.25) is 0 Å². The fourth-order valence-corrected chi connectivity index (χ4v) is 11.3. The molecule has 0 aliphatic heterocycles. The van der Waals surface area contributed by atoms with E-state index in [2.05, 4.69) is 153 Å². The highest BCUT2D eigenvalue weighted by molar-refractivity contribution is 6.05. The quantitative estimate of drug-likeness (QED) is 0.182. The van der Waals surface area contributed by atoms with Gasteiger partial charge in [-0.05, 0) is 149 Å². The molecule has 0 atom stereocenters. The molecule has 5 aliphatic carbocycles. The third kappa shape index (κ3) is 4.44. The van der Waals surface area contributed by atoms with Crippen molar-refractivity contribution >= 4 is 27.8 Å². The molecule has 0 unspecified atom stereocenters. The van der Waals surface area contributed by atoms with Crippen LogP contribution < -0.4 is 4.90 Å². The van der Waals surface area contributed by atoms with E-state index >= 15 is 0 Å². The molecule has 5 aliphatic rings. The van der Waals surface area contributed by atoms with E-state index in [0.717, 1.165) is 17.8 Å². The first kappa shape index (κ1) is 29.3. The van der Waals surface area contributed by atoms with Gasteiger partial charge in [-0.2, -0.15) is 0 Å².